The third-order valence-corrected chi connectivity index (χ3v) is 3.71. The number of hydrogen-bond donors (Lipinski definition) is 1. The summed E-state index contributed by atoms with van der Waals surface area (Å²) in [5.74, 6) is 0. The average molecular weight is 281 g/mol. The molecule has 1 N–H and O–H groups in total. The minimum atomic E-state index is 0.208. The molecule has 0 amide bonds. The monoisotopic (exact) mass is 281 g/mol. The van der Waals surface area contributed by atoms with E-state index in [1.807, 2.05) is 48.2 Å². The van der Waals surface area contributed by atoms with Crippen LogP contribution in [-0.4, -0.2) is 19.6 Å². The van der Waals surface area contributed by atoms with Crippen LogP contribution in [0.2, 0.25) is 0 Å². The van der Waals surface area contributed by atoms with Gasteiger partial charge in [0, 0.05) is 48.5 Å². The molecule has 1 atom stereocenters. The predicted octanol–water partition coefficient (Wildman–Crippen LogP) is 2.59. The smallest absolute Gasteiger partial charge is 0.155 e. The van der Waals surface area contributed by atoms with E-state index in [-0.39, 0.29) is 6.04 Å². The first kappa shape index (κ1) is 13.7. The van der Waals surface area contributed by atoms with E-state index in [4.69, 9.17) is 0 Å². The molecule has 0 aliphatic carbocycles. The third-order valence-electron chi connectivity index (χ3n) is 3.71. The molecule has 0 aliphatic heterocycles. The lowest BCUT2D eigenvalue weighted by Gasteiger charge is -2.16. The Balaban J connectivity index is 1.81. The quantitative estimate of drug-likeness (QED) is 0.798. The Bertz CT molecular complexity index is 748. The molecule has 5 heteroatoms. The number of rotatable bonds is 4. The number of hydrogen-bond acceptors (Lipinski definition) is 4. The lowest BCUT2D eigenvalue weighted by Crippen LogP contribution is -2.20. The summed E-state index contributed by atoms with van der Waals surface area (Å²) in [5, 5.41) is 8.01. The summed E-state index contributed by atoms with van der Waals surface area (Å²) in [6.07, 6.45) is 5.57. The maximum absolute atomic E-state index is 4.49. The fraction of sp³-hybridized carbons (Fsp3) is 0.312. The first-order valence-corrected chi connectivity index (χ1v) is 7.09. The van der Waals surface area contributed by atoms with Crippen molar-refractivity contribution in [3.63, 3.8) is 0 Å². The van der Waals surface area contributed by atoms with Gasteiger partial charge in [-0.3, -0.25) is 4.98 Å². The van der Waals surface area contributed by atoms with E-state index in [2.05, 4.69) is 34.2 Å². The SMILES string of the molecule is Cc1cc2ncc(C(C)NCc3ccncc3)c(C)n2n1. The highest BCUT2D eigenvalue weighted by atomic mass is 15.3. The Labute approximate surface area is 124 Å². The van der Waals surface area contributed by atoms with Crippen LogP contribution < -0.4 is 5.32 Å². The molecule has 0 saturated carbocycles. The van der Waals surface area contributed by atoms with E-state index in [1.54, 1.807) is 0 Å². The summed E-state index contributed by atoms with van der Waals surface area (Å²) in [6.45, 7) is 7.02. The maximum Gasteiger partial charge on any atom is 0.155 e. The van der Waals surface area contributed by atoms with E-state index in [9.17, 15) is 0 Å². The Kier molecular flexibility index (Phi) is 3.66. The number of nitrogens with zero attached hydrogens (tertiary/aromatic N) is 4. The van der Waals surface area contributed by atoms with Crippen molar-refractivity contribution in [2.75, 3.05) is 0 Å². The number of nitrogens with one attached hydrogen (secondary N) is 1. The van der Waals surface area contributed by atoms with Gasteiger partial charge in [-0.1, -0.05) is 0 Å². The number of aryl methyl sites for hydroxylation is 2. The summed E-state index contributed by atoms with van der Waals surface area (Å²) in [6, 6.07) is 6.24. The van der Waals surface area contributed by atoms with Gasteiger partial charge in [0.1, 0.15) is 0 Å². The van der Waals surface area contributed by atoms with Crippen molar-refractivity contribution < 1.29 is 0 Å². The molecule has 0 aliphatic rings. The zero-order valence-corrected chi connectivity index (χ0v) is 12.5. The van der Waals surface area contributed by atoms with Gasteiger partial charge in [0.05, 0.1) is 5.69 Å². The van der Waals surface area contributed by atoms with Crippen molar-refractivity contribution in [3.8, 4) is 0 Å². The second-order valence-electron chi connectivity index (χ2n) is 5.31. The van der Waals surface area contributed by atoms with E-state index in [0.717, 1.165) is 23.6 Å². The molecule has 0 fully saturated rings. The van der Waals surface area contributed by atoms with E-state index in [0.29, 0.717) is 0 Å². The standard InChI is InChI=1S/C16H19N5/c1-11-8-16-19-10-15(13(3)21(16)20-11)12(2)18-9-14-4-6-17-7-5-14/h4-8,10,12,18H,9H2,1-3H3. The zero-order chi connectivity index (χ0) is 14.8. The molecular weight excluding hydrogens is 262 g/mol. The molecule has 3 aromatic heterocycles. The highest BCUT2D eigenvalue weighted by Crippen LogP contribution is 2.18. The van der Waals surface area contributed by atoms with Crippen LogP contribution in [-0.2, 0) is 6.54 Å². The van der Waals surface area contributed by atoms with E-state index < -0.39 is 0 Å². The van der Waals surface area contributed by atoms with E-state index in [1.165, 1.54) is 11.1 Å². The lowest BCUT2D eigenvalue weighted by atomic mass is 10.1. The molecule has 5 nitrogen and oxygen atoms in total. The van der Waals surface area contributed by atoms with Gasteiger partial charge in [-0.15, -0.1) is 0 Å². The summed E-state index contributed by atoms with van der Waals surface area (Å²) in [4.78, 5) is 8.52. The van der Waals surface area contributed by atoms with Crippen molar-refractivity contribution in [1.29, 1.82) is 0 Å². The molecule has 3 aromatic rings. The largest absolute Gasteiger partial charge is 0.306 e. The van der Waals surface area contributed by atoms with Gasteiger partial charge in [-0.05, 0) is 38.5 Å². The minimum absolute atomic E-state index is 0.208. The van der Waals surface area contributed by atoms with Crippen LogP contribution in [0.25, 0.3) is 5.65 Å². The topological polar surface area (TPSA) is 55.1 Å². The fourth-order valence-corrected chi connectivity index (χ4v) is 2.48. The number of pyridine rings is 1. The minimum Gasteiger partial charge on any atom is -0.306 e. The van der Waals surface area contributed by atoms with Gasteiger partial charge in [0.2, 0.25) is 0 Å². The Morgan fingerprint density at radius 1 is 1.24 bits per heavy atom. The van der Waals surface area contributed by atoms with Gasteiger partial charge >= 0.3 is 0 Å². The highest BCUT2D eigenvalue weighted by Gasteiger charge is 2.12. The Morgan fingerprint density at radius 3 is 2.76 bits per heavy atom. The van der Waals surface area contributed by atoms with Crippen molar-refractivity contribution in [2.45, 2.75) is 33.4 Å². The van der Waals surface area contributed by atoms with Crippen LogP contribution in [0.4, 0.5) is 0 Å². The van der Waals surface area contributed by atoms with Gasteiger partial charge in [-0.25, -0.2) is 9.50 Å². The summed E-state index contributed by atoms with van der Waals surface area (Å²) < 4.78 is 1.91. The van der Waals surface area contributed by atoms with Crippen LogP contribution >= 0.6 is 0 Å². The van der Waals surface area contributed by atoms with Crippen molar-refractivity contribution in [1.82, 2.24) is 24.9 Å². The van der Waals surface area contributed by atoms with Gasteiger partial charge in [0.15, 0.2) is 5.65 Å². The third kappa shape index (κ3) is 2.78. The summed E-state index contributed by atoms with van der Waals surface area (Å²) in [5.41, 5.74) is 5.40. The van der Waals surface area contributed by atoms with Crippen LogP contribution in [0.1, 0.15) is 35.5 Å². The van der Waals surface area contributed by atoms with Crippen LogP contribution in [0.3, 0.4) is 0 Å². The van der Waals surface area contributed by atoms with Gasteiger partial charge in [-0.2, -0.15) is 5.10 Å². The normalized spacial score (nSPS) is 12.7. The fourth-order valence-electron chi connectivity index (χ4n) is 2.48. The van der Waals surface area contributed by atoms with Gasteiger partial charge < -0.3 is 5.32 Å². The second-order valence-corrected chi connectivity index (χ2v) is 5.31. The molecule has 1 unspecified atom stereocenters. The summed E-state index contributed by atoms with van der Waals surface area (Å²) in [7, 11) is 0. The van der Waals surface area contributed by atoms with Crippen molar-refractivity contribution in [3.05, 3.63) is 59.3 Å². The molecule has 0 aromatic carbocycles. The first-order valence-electron chi connectivity index (χ1n) is 7.09. The molecule has 0 radical (unpaired) electrons. The molecule has 3 heterocycles. The highest BCUT2D eigenvalue weighted by molar-refractivity contribution is 5.42. The molecule has 3 rings (SSSR count). The zero-order valence-electron chi connectivity index (χ0n) is 12.5. The average Bonchev–Trinajstić information content (AvgIpc) is 2.88. The van der Waals surface area contributed by atoms with Crippen molar-refractivity contribution >= 4 is 5.65 Å². The maximum atomic E-state index is 4.49. The second kappa shape index (κ2) is 5.61. The summed E-state index contributed by atoms with van der Waals surface area (Å²) >= 11 is 0. The molecule has 0 saturated heterocycles. The van der Waals surface area contributed by atoms with Crippen LogP contribution in [0, 0.1) is 13.8 Å². The number of aromatic nitrogens is 4. The molecular formula is C16H19N5. The van der Waals surface area contributed by atoms with Crippen molar-refractivity contribution in [2.24, 2.45) is 0 Å². The Morgan fingerprint density at radius 2 is 2.00 bits per heavy atom. The van der Waals surface area contributed by atoms with Gasteiger partial charge in [0.25, 0.3) is 0 Å². The first-order chi connectivity index (χ1) is 10.1. The van der Waals surface area contributed by atoms with E-state index >= 15 is 0 Å². The lowest BCUT2D eigenvalue weighted by molar-refractivity contribution is 0.564. The molecule has 21 heavy (non-hydrogen) atoms. The molecule has 0 spiro atoms. The molecule has 108 valence electrons. The number of fused-ring (bicyclic) bond motifs is 1. The van der Waals surface area contributed by atoms with Crippen LogP contribution in [0.15, 0.2) is 36.8 Å². The van der Waals surface area contributed by atoms with Crippen LogP contribution in [0.5, 0.6) is 0 Å². The predicted molar refractivity (Wildman–Crippen MR) is 82.0 cm³/mol. The Hall–Kier alpha value is -2.27. The molecule has 0 bridgehead atoms.